The Labute approximate surface area is 200 Å². The second-order valence-electron chi connectivity index (χ2n) is 9.17. The highest BCUT2D eigenvalue weighted by atomic mass is 35.5. The van der Waals surface area contributed by atoms with Gasteiger partial charge in [-0.1, -0.05) is 32.6 Å². The van der Waals surface area contributed by atoms with E-state index >= 15 is 0 Å². The first-order chi connectivity index (χ1) is 15.7. The number of esters is 1. The number of methoxy groups -OCH3 is 1. The Morgan fingerprint density at radius 3 is 2.58 bits per heavy atom. The molecule has 1 amide bonds. The van der Waals surface area contributed by atoms with E-state index < -0.39 is 28.6 Å². The predicted octanol–water partition coefficient (Wildman–Crippen LogP) is 3.27. The molecule has 1 heterocycles. The molecule has 4 N–H and O–H groups in total. The van der Waals surface area contributed by atoms with E-state index in [1.807, 2.05) is 6.92 Å². The van der Waals surface area contributed by atoms with E-state index in [-0.39, 0.29) is 30.1 Å². The monoisotopic (exact) mass is 482 g/mol. The Hall–Kier alpha value is -1.74. The lowest BCUT2D eigenvalue weighted by molar-refractivity contribution is -0.141. The third kappa shape index (κ3) is 5.50. The first-order valence-electron chi connectivity index (χ1n) is 11.9. The number of hydrazine groups is 1. The Morgan fingerprint density at radius 2 is 1.97 bits per heavy atom. The Balaban J connectivity index is 1.91. The van der Waals surface area contributed by atoms with E-state index in [2.05, 4.69) is 27.4 Å². The van der Waals surface area contributed by atoms with Gasteiger partial charge in [-0.3, -0.25) is 9.59 Å². The van der Waals surface area contributed by atoms with Gasteiger partial charge in [0.1, 0.15) is 11.9 Å². The van der Waals surface area contributed by atoms with Crippen LogP contribution in [0.1, 0.15) is 74.3 Å². The molecule has 1 aromatic carbocycles. The molecule has 184 valence electrons. The molecule has 2 aliphatic rings. The number of rotatable bonds is 7. The van der Waals surface area contributed by atoms with Crippen LogP contribution in [0, 0.1) is 11.7 Å². The smallest absolute Gasteiger partial charge is 0.324 e. The predicted molar refractivity (Wildman–Crippen MR) is 126 cm³/mol. The summed E-state index contributed by atoms with van der Waals surface area (Å²) in [6.07, 6.45) is 6.79. The number of alkyl halides is 1. The second kappa shape index (κ2) is 11.1. The highest BCUT2D eigenvalue weighted by Gasteiger charge is 2.55. The number of carbonyl (C=O) groups is 2. The summed E-state index contributed by atoms with van der Waals surface area (Å²) in [5.41, 5.74) is 10.0. The zero-order valence-corrected chi connectivity index (χ0v) is 20.5. The van der Waals surface area contributed by atoms with Crippen LogP contribution in [0.2, 0.25) is 0 Å². The highest BCUT2D eigenvalue weighted by Crippen LogP contribution is 2.52. The van der Waals surface area contributed by atoms with E-state index in [9.17, 15) is 14.0 Å². The Morgan fingerprint density at radius 1 is 1.30 bits per heavy atom. The number of hydrogen-bond donors (Lipinski definition) is 3. The van der Waals surface area contributed by atoms with Crippen molar-refractivity contribution in [2.75, 3.05) is 20.2 Å². The third-order valence-corrected chi connectivity index (χ3v) is 7.90. The van der Waals surface area contributed by atoms with E-state index in [0.717, 1.165) is 25.7 Å². The number of nitrogens with one attached hydrogen (secondary N) is 2. The van der Waals surface area contributed by atoms with Crippen LogP contribution in [0.3, 0.4) is 0 Å². The fraction of sp³-hybridized carbons (Fsp3) is 0.667. The van der Waals surface area contributed by atoms with Crippen molar-refractivity contribution < 1.29 is 18.7 Å². The van der Waals surface area contributed by atoms with E-state index in [0.29, 0.717) is 12.1 Å². The number of amides is 1. The number of benzene rings is 1. The molecule has 1 saturated heterocycles. The van der Waals surface area contributed by atoms with E-state index in [1.165, 1.54) is 32.1 Å². The molecule has 2 fully saturated rings. The fourth-order valence-corrected chi connectivity index (χ4v) is 5.86. The van der Waals surface area contributed by atoms with Gasteiger partial charge in [-0.05, 0) is 49.4 Å². The second-order valence-corrected chi connectivity index (χ2v) is 9.82. The number of carbonyl (C=O) groups excluding carboxylic acids is 2. The maximum absolute atomic E-state index is 14.7. The minimum Gasteiger partial charge on any atom is -0.468 e. The van der Waals surface area contributed by atoms with E-state index in [4.69, 9.17) is 17.3 Å². The summed E-state index contributed by atoms with van der Waals surface area (Å²) in [4.78, 5) is 23.6. The number of halogens is 2. The molecule has 3 unspecified atom stereocenters. The molecule has 1 aliphatic heterocycles. The summed E-state index contributed by atoms with van der Waals surface area (Å²) in [7, 11) is 1.23. The fourth-order valence-electron chi connectivity index (χ4n) is 5.35. The summed E-state index contributed by atoms with van der Waals surface area (Å²) >= 11 is 7.49. The molecule has 3 rings (SSSR count). The minimum atomic E-state index is -0.992. The molecule has 9 heteroatoms. The molecule has 33 heavy (non-hydrogen) atoms. The van der Waals surface area contributed by atoms with Crippen LogP contribution < -0.4 is 16.5 Å². The van der Waals surface area contributed by atoms with Gasteiger partial charge in [-0.2, -0.15) is 0 Å². The van der Waals surface area contributed by atoms with Gasteiger partial charge in [-0.25, -0.2) is 14.8 Å². The molecule has 0 radical (unpaired) electrons. The molecule has 7 nitrogen and oxygen atoms in total. The van der Waals surface area contributed by atoms with Crippen molar-refractivity contribution in [1.82, 2.24) is 15.8 Å². The summed E-state index contributed by atoms with van der Waals surface area (Å²) < 4.78 is 19.3. The largest absolute Gasteiger partial charge is 0.468 e. The highest BCUT2D eigenvalue weighted by molar-refractivity contribution is 6.25. The maximum atomic E-state index is 14.7. The van der Waals surface area contributed by atoms with Crippen LogP contribution in [-0.4, -0.2) is 54.0 Å². The average molecular weight is 483 g/mol. The molecule has 1 aromatic rings. The molecule has 1 saturated carbocycles. The van der Waals surface area contributed by atoms with Gasteiger partial charge < -0.3 is 15.8 Å². The van der Waals surface area contributed by atoms with Crippen LogP contribution in [0.15, 0.2) is 18.2 Å². The minimum absolute atomic E-state index is 0.00850. The lowest BCUT2D eigenvalue weighted by Gasteiger charge is -2.40. The topological polar surface area (TPSA) is 96.7 Å². The summed E-state index contributed by atoms with van der Waals surface area (Å²) in [5.74, 6) is -1.36. The van der Waals surface area contributed by atoms with Crippen LogP contribution in [0.4, 0.5) is 4.39 Å². The first-order valence-corrected chi connectivity index (χ1v) is 12.2. The van der Waals surface area contributed by atoms with Gasteiger partial charge in [0.15, 0.2) is 0 Å². The van der Waals surface area contributed by atoms with E-state index in [1.54, 1.807) is 6.07 Å². The number of nitrogens with two attached hydrogens (primary N) is 1. The number of ether oxygens (including phenoxy) is 1. The van der Waals surface area contributed by atoms with Crippen molar-refractivity contribution in [2.24, 2.45) is 11.7 Å². The van der Waals surface area contributed by atoms with Gasteiger partial charge in [-0.15, -0.1) is 11.6 Å². The van der Waals surface area contributed by atoms with Crippen LogP contribution >= 0.6 is 11.6 Å². The van der Waals surface area contributed by atoms with Crippen molar-refractivity contribution >= 4 is 23.5 Å². The Bertz CT molecular complexity index is 849. The average Bonchev–Trinajstić information content (AvgIpc) is 2.97. The van der Waals surface area contributed by atoms with Gasteiger partial charge in [0, 0.05) is 24.7 Å². The molecule has 0 bridgehead atoms. The van der Waals surface area contributed by atoms with Crippen molar-refractivity contribution in [3.8, 4) is 0 Å². The van der Waals surface area contributed by atoms with Crippen molar-refractivity contribution in [3.63, 3.8) is 0 Å². The summed E-state index contributed by atoms with van der Waals surface area (Å²) in [6.45, 7) is 4.69. The zero-order valence-electron chi connectivity index (χ0n) is 19.7. The molecule has 0 spiro atoms. The van der Waals surface area contributed by atoms with Gasteiger partial charge in [0.2, 0.25) is 0 Å². The summed E-state index contributed by atoms with van der Waals surface area (Å²) in [6, 6.07) is 3.06. The lowest BCUT2D eigenvalue weighted by Crippen LogP contribution is -2.45. The van der Waals surface area contributed by atoms with Gasteiger partial charge in [0.25, 0.3) is 5.91 Å². The van der Waals surface area contributed by atoms with Crippen molar-refractivity contribution in [1.29, 1.82) is 0 Å². The van der Waals surface area contributed by atoms with Gasteiger partial charge in [0.05, 0.1) is 18.0 Å². The third-order valence-electron chi connectivity index (χ3n) is 7.06. The SMILES string of the molecule is CCN1NC(C)C(Cl)(C2CCCCCC2)C1c1cc(F)cc(C(=O)NC[C@@H](N)C(=O)OC)c1. The molecular weight excluding hydrogens is 447 g/mol. The van der Waals surface area contributed by atoms with Crippen molar-refractivity contribution in [2.45, 2.75) is 75.4 Å². The molecule has 4 atom stereocenters. The quantitative estimate of drug-likeness (QED) is 0.313. The van der Waals surface area contributed by atoms with Crippen LogP contribution in [0.25, 0.3) is 0 Å². The maximum Gasteiger partial charge on any atom is 0.324 e. The Kier molecular flexibility index (Phi) is 8.72. The van der Waals surface area contributed by atoms with Crippen LogP contribution in [0.5, 0.6) is 0 Å². The molecule has 1 aliphatic carbocycles. The molecule has 0 aromatic heterocycles. The normalized spacial score (nSPS) is 27.7. The van der Waals surface area contributed by atoms with Gasteiger partial charge >= 0.3 is 5.97 Å². The van der Waals surface area contributed by atoms with Crippen LogP contribution in [-0.2, 0) is 9.53 Å². The molecular formula is C24H36ClFN4O3. The zero-order chi connectivity index (χ0) is 24.2. The lowest BCUT2D eigenvalue weighted by atomic mass is 9.75. The standard InChI is InChI=1S/C24H36ClFN4O3/c1-4-30-21(24(25,15(2)29-30)18-9-7-5-6-8-10-18)16-11-17(13-19(26)12-16)22(31)28-14-20(27)23(32)33-3/h11-13,15,18,20-21,29H,4-10,14,27H2,1-3H3,(H,28,31)/t15?,20-,21?,24?/m1/s1. The number of nitrogens with zero attached hydrogens (tertiary/aromatic N) is 1. The number of hydrogen-bond acceptors (Lipinski definition) is 6. The first kappa shape index (κ1) is 25.9. The summed E-state index contributed by atoms with van der Waals surface area (Å²) in [5, 5.41) is 4.65. The van der Waals surface area contributed by atoms with Crippen molar-refractivity contribution in [3.05, 3.63) is 35.1 Å².